The summed E-state index contributed by atoms with van der Waals surface area (Å²) in [6.45, 7) is 0. The lowest BCUT2D eigenvalue weighted by Crippen LogP contribution is -2.12. The smallest absolute Gasteiger partial charge is 0.345 e. The number of nitro benzene ring substituents is 1. The number of benzene rings is 1. The number of aromatic carboxylic acids is 1. The molecular formula is C11H8N2O6S2. The van der Waals surface area contributed by atoms with E-state index in [2.05, 4.69) is 4.72 Å². The number of carboxylic acids is 1. The number of nitrogens with zero attached hydrogens (tertiary/aromatic N) is 1. The van der Waals surface area contributed by atoms with Crippen molar-refractivity contribution in [1.29, 1.82) is 0 Å². The number of anilines is 1. The Morgan fingerprint density at radius 1 is 1.29 bits per heavy atom. The average Bonchev–Trinajstić information content (AvgIpc) is 2.89. The van der Waals surface area contributed by atoms with Crippen molar-refractivity contribution in [3.05, 3.63) is 50.7 Å². The van der Waals surface area contributed by atoms with Gasteiger partial charge < -0.3 is 5.11 Å². The molecule has 0 aliphatic rings. The summed E-state index contributed by atoms with van der Waals surface area (Å²) < 4.78 is 26.3. The van der Waals surface area contributed by atoms with Crippen molar-refractivity contribution in [2.45, 2.75) is 4.90 Å². The molecule has 0 aliphatic heterocycles. The lowest BCUT2D eigenvalue weighted by molar-refractivity contribution is -0.384. The molecule has 21 heavy (non-hydrogen) atoms. The molecule has 1 heterocycles. The van der Waals surface area contributed by atoms with Crippen molar-refractivity contribution in [2.75, 3.05) is 4.72 Å². The molecule has 2 N–H and O–H groups in total. The number of nitro groups is 1. The summed E-state index contributed by atoms with van der Waals surface area (Å²) in [5.41, 5.74) is -0.0229. The Bertz CT molecular complexity index is 794. The van der Waals surface area contributed by atoms with Gasteiger partial charge in [-0.25, -0.2) is 13.2 Å². The Hall–Kier alpha value is -2.46. The second kappa shape index (κ2) is 5.50. The highest BCUT2D eigenvalue weighted by atomic mass is 32.2. The molecule has 1 aromatic carbocycles. The van der Waals surface area contributed by atoms with Crippen LogP contribution in [0.25, 0.3) is 0 Å². The van der Waals surface area contributed by atoms with E-state index in [1.807, 2.05) is 0 Å². The third-order valence-corrected chi connectivity index (χ3v) is 4.85. The highest BCUT2D eigenvalue weighted by molar-refractivity contribution is 7.92. The van der Waals surface area contributed by atoms with E-state index in [4.69, 9.17) is 5.11 Å². The molecule has 0 radical (unpaired) electrons. The lowest BCUT2D eigenvalue weighted by Gasteiger charge is -2.05. The lowest BCUT2D eigenvalue weighted by atomic mass is 10.3. The quantitative estimate of drug-likeness (QED) is 0.639. The van der Waals surface area contributed by atoms with E-state index >= 15 is 0 Å². The van der Waals surface area contributed by atoms with Crippen LogP contribution in [0.15, 0.2) is 40.6 Å². The molecule has 2 rings (SSSR count). The Labute approximate surface area is 122 Å². The molecule has 1 aromatic heterocycles. The molecule has 110 valence electrons. The topological polar surface area (TPSA) is 127 Å². The van der Waals surface area contributed by atoms with Gasteiger partial charge in [-0.2, -0.15) is 0 Å². The Balaban J connectivity index is 2.24. The van der Waals surface area contributed by atoms with Crippen LogP contribution in [0.3, 0.4) is 0 Å². The zero-order valence-corrected chi connectivity index (χ0v) is 11.8. The van der Waals surface area contributed by atoms with Gasteiger partial charge in [0.05, 0.1) is 9.82 Å². The number of sulfonamides is 1. The molecule has 8 nitrogen and oxygen atoms in total. The van der Waals surface area contributed by atoms with E-state index in [0.29, 0.717) is 0 Å². The van der Waals surface area contributed by atoms with E-state index in [1.54, 1.807) is 0 Å². The van der Waals surface area contributed by atoms with Crippen LogP contribution in [-0.2, 0) is 10.0 Å². The van der Waals surface area contributed by atoms with Gasteiger partial charge in [0.2, 0.25) is 0 Å². The van der Waals surface area contributed by atoms with Crippen LogP contribution < -0.4 is 4.72 Å². The first-order valence-electron chi connectivity index (χ1n) is 5.39. The van der Waals surface area contributed by atoms with E-state index in [-0.39, 0.29) is 21.1 Å². The summed E-state index contributed by atoms with van der Waals surface area (Å²) in [6.07, 6.45) is 0. The van der Waals surface area contributed by atoms with Crippen LogP contribution in [0.1, 0.15) is 9.67 Å². The number of nitrogens with one attached hydrogen (secondary N) is 1. The fourth-order valence-electron chi connectivity index (χ4n) is 1.44. The number of hydrogen-bond donors (Lipinski definition) is 2. The first-order valence-corrected chi connectivity index (χ1v) is 7.75. The summed E-state index contributed by atoms with van der Waals surface area (Å²) in [6, 6.07) is 5.86. The van der Waals surface area contributed by atoms with Crippen LogP contribution in [0.2, 0.25) is 0 Å². The minimum atomic E-state index is -3.93. The van der Waals surface area contributed by atoms with Crippen molar-refractivity contribution in [2.24, 2.45) is 0 Å². The van der Waals surface area contributed by atoms with Gasteiger partial charge >= 0.3 is 5.97 Å². The summed E-state index contributed by atoms with van der Waals surface area (Å²) in [5.74, 6) is -1.21. The monoisotopic (exact) mass is 328 g/mol. The first-order chi connectivity index (χ1) is 9.79. The predicted molar refractivity (Wildman–Crippen MR) is 75.2 cm³/mol. The summed E-state index contributed by atoms with van der Waals surface area (Å²) in [7, 11) is -3.93. The summed E-state index contributed by atoms with van der Waals surface area (Å²) in [4.78, 5) is 20.4. The molecule has 0 amide bonds. The minimum Gasteiger partial charge on any atom is -0.477 e. The number of non-ortho nitro benzene ring substituents is 1. The fourth-order valence-corrected chi connectivity index (χ4v) is 3.61. The van der Waals surface area contributed by atoms with Gasteiger partial charge in [0.25, 0.3) is 15.7 Å². The summed E-state index contributed by atoms with van der Waals surface area (Å²) in [5, 5.41) is 20.5. The van der Waals surface area contributed by atoms with Crippen molar-refractivity contribution in [3.63, 3.8) is 0 Å². The van der Waals surface area contributed by atoms with Crippen LogP contribution in [0, 0.1) is 10.1 Å². The molecule has 0 atom stereocenters. The Kier molecular flexibility index (Phi) is 3.91. The predicted octanol–water partition coefficient (Wildman–Crippen LogP) is 2.16. The van der Waals surface area contributed by atoms with Gasteiger partial charge in [0.1, 0.15) is 4.88 Å². The number of thiophene rings is 1. The molecule has 0 fully saturated rings. The third kappa shape index (κ3) is 3.35. The minimum absolute atomic E-state index is 0.0981. The highest BCUT2D eigenvalue weighted by Gasteiger charge is 2.19. The third-order valence-electron chi connectivity index (χ3n) is 2.43. The Morgan fingerprint density at radius 2 is 1.90 bits per heavy atom. The largest absolute Gasteiger partial charge is 0.477 e. The van der Waals surface area contributed by atoms with Crippen LogP contribution in [0.4, 0.5) is 11.4 Å². The van der Waals surface area contributed by atoms with Crippen molar-refractivity contribution < 1.29 is 23.2 Å². The van der Waals surface area contributed by atoms with E-state index < -0.39 is 20.9 Å². The second-order valence-electron chi connectivity index (χ2n) is 3.86. The normalized spacial score (nSPS) is 11.0. The van der Waals surface area contributed by atoms with Crippen LogP contribution >= 0.6 is 11.3 Å². The maximum atomic E-state index is 12.0. The molecule has 0 saturated heterocycles. The second-order valence-corrected chi connectivity index (χ2v) is 6.45. The van der Waals surface area contributed by atoms with Gasteiger partial charge in [-0.05, 0) is 18.2 Å². The number of carboxylic acid groups (broad SMARTS) is 1. The van der Waals surface area contributed by atoms with E-state index in [0.717, 1.165) is 29.5 Å². The molecular weight excluding hydrogens is 320 g/mol. The molecule has 0 bridgehead atoms. The van der Waals surface area contributed by atoms with Crippen molar-refractivity contribution in [1.82, 2.24) is 0 Å². The molecule has 0 aliphatic carbocycles. The SMILES string of the molecule is O=C(O)c1cc(S(=O)(=O)Nc2ccc([N+](=O)[O-])cc2)cs1. The van der Waals surface area contributed by atoms with Crippen LogP contribution in [0.5, 0.6) is 0 Å². The summed E-state index contributed by atoms with van der Waals surface area (Å²) >= 11 is 0.793. The maximum absolute atomic E-state index is 12.0. The molecule has 0 unspecified atom stereocenters. The van der Waals surface area contributed by atoms with Gasteiger partial charge in [-0.3, -0.25) is 14.8 Å². The van der Waals surface area contributed by atoms with Gasteiger partial charge in [0.15, 0.2) is 0 Å². The van der Waals surface area contributed by atoms with Crippen molar-refractivity contribution >= 4 is 38.7 Å². The van der Waals surface area contributed by atoms with Crippen molar-refractivity contribution in [3.8, 4) is 0 Å². The molecule has 2 aromatic rings. The van der Waals surface area contributed by atoms with Gasteiger partial charge in [0, 0.05) is 23.2 Å². The standard InChI is InChI=1S/C11H8N2O6S2/c14-11(15)10-5-9(6-20-10)21(18,19)12-7-1-3-8(4-2-7)13(16)17/h1-6,12H,(H,14,15). The number of rotatable bonds is 5. The molecule has 0 saturated carbocycles. The fraction of sp³-hybridized carbons (Fsp3) is 0. The van der Waals surface area contributed by atoms with E-state index in [1.165, 1.54) is 17.5 Å². The first kappa shape index (κ1) is 14.9. The maximum Gasteiger partial charge on any atom is 0.345 e. The van der Waals surface area contributed by atoms with Crippen LogP contribution in [-0.4, -0.2) is 24.4 Å². The molecule has 10 heteroatoms. The number of carbonyl (C=O) groups is 1. The molecule has 0 spiro atoms. The van der Waals surface area contributed by atoms with Gasteiger partial charge in [-0.15, -0.1) is 11.3 Å². The highest BCUT2D eigenvalue weighted by Crippen LogP contribution is 2.23. The Morgan fingerprint density at radius 3 is 2.38 bits per heavy atom. The average molecular weight is 328 g/mol. The number of hydrogen-bond acceptors (Lipinski definition) is 6. The zero-order valence-electron chi connectivity index (χ0n) is 10.2. The van der Waals surface area contributed by atoms with E-state index in [9.17, 15) is 23.3 Å². The zero-order chi connectivity index (χ0) is 15.6. The van der Waals surface area contributed by atoms with Gasteiger partial charge in [-0.1, -0.05) is 0 Å².